The topological polar surface area (TPSA) is 25.5 Å². The quantitative estimate of drug-likeness (QED) is 0.585. The highest BCUT2D eigenvalue weighted by Crippen LogP contribution is 2.60. The lowest BCUT2D eigenvalue weighted by Gasteiger charge is -2.56. The summed E-state index contributed by atoms with van der Waals surface area (Å²) < 4.78 is 4.86. The van der Waals surface area contributed by atoms with Gasteiger partial charge in [0.15, 0.2) is 0 Å². The Morgan fingerprint density at radius 2 is 1.59 bits per heavy atom. The third-order valence-corrected chi connectivity index (χ3v) is 8.48. The number of nitrogens with zero attached hydrogens (tertiary/aromatic N) is 4. The first-order valence-corrected chi connectivity index (χ1v) is 11.9. The molecule has 4 saturated carbocycles. The summed E-state index contributed by atoms with van der Waals surface area (Å²) in [4.78, 5) is 7.89. The molecule has 0 aliphatic heterocycles. The van der Waals surface area contributed by atoms with Crippen LogP contribution in [0.5, 0.6) is 0 Å². The van der Waals surface area contributed by atoms with Crippen molar-refractivity contribution in [3.8, 4) is 0 Å². The van der Waals surface area contributed by atoms with Gasteiger partial charge in [-0.05, 0) is 81.5 Å². The van der Waals surface area contributed by atoms with Gasteiger partial charge in [0.25, 0.3) is 0 Å². The lowest BCUT2D eigenvalue weighted by atomic mass is 9.49. The van der Waals surface area contributed by atoms with E-state index in [0.29, 0.717) is 5.41 Å². The van der Waals surface area contributed by atoms with Crippen molar-refractivity contribution < 1.29 is 0 Å². The number of benzene rings is 1. The highest BCUT2D eigenvalue weighted by atomic mass is 15.2. The maximum atomic E-state index is 5.38. The summed E-state index contributed by atoms with van der Waals surface area (Å²) in [5, 5.41) is 0. The van der Waals surface area contributed by atoms with E-state index in [1.54, 1.807) is 0 Å². The normalized spacial score (nSPS) is 30.9. The molecule has 7 rings (SSSR count). The smallest absolute Gasteiger partial charge is 0.215 e. The summed E-state index contributed by atoms with van der Waals surface area (Å²) in [7, 11) is 0. The standard InChI is InChI=1S/C25H34N4/c1-3-27(4-2)9-10-28-21-7-5-6-8-22(21)29-17-23(26-24(28)29)25-14-18-11-19(15-25)13-20(12-18)16-25/h5-8,17-20H,3-4,9-16H2,1-2H3. The van der Waals surface area contributed by atoms with Crippen LogP contribution in [-0.4, -0.2) is 38.5 Å². The van der Waals surface area contributed by atoms with Crippen molar-refractivity contribution >= 4 is 16.8 Å². The van der Waals surface area contributed by atoms with E-state index >= 15 is 0 Å². The molecule has 0 spiro atoms. The minimum absolute atomic E-state index is 0.367. The van der Waals surface area contributed by atoms with Crippen molar-refractivity contribution in [1.82, 2.24) is 18.9 Å². The Morgan fingerprint density at radius 1 is 0.966 bits per heavy atom. The Bertz CT molecular complexity index is 1000. The van der Waals surface area contributed by atoms with Gasteiger partial charge in [0.2, 0.25) is 5.78 Å². The van der Waals surface area contributed by atoms with Gasteiger partial charge < -0.3 is 9.47 Å². The van der Waals surface area contributed by atoms with Crippen molar-refractivity contribution in [2.24, 2.45) is 17.8 Å². The minimum Gasteiger partial charge on any atom is -0.308 e. The van der Waals surface area contributed by atoms with Gasteiger partial charge in [-0.1, -0.05) is 26.0 Å². The number of aromatic nitrogens is 3. The van der Waals surface area contributed by atoms with Crippen molar-refractivity contribution in [2.75, 3.05) is 19.6 Å². The lowest BCUT2D eigenvalue weighted by molar-refractivity contribution is -0.00698. The molecule has 3 aromatic rings. The third-order valence-electron chi connectivity index (χ3n) is 8.48. The molecule has 4 fully saturated rings. The molecule has 0 amide bonds. The molecular formula is C25H34N4. The van der Waals surface area contributed by atoms with Crippen LogP contribution in [0.15, 0.2) is 30.5 Å². The fourth-order valence-electron chi connectivity index (χ4n) is 7.42. The SMILES string of the molecule is CCN(CC)CCn1c2ccccc2n2cc(C34CC5CC(CC(C5)C3)C4)nc12. The second-order valence-electron chi connectivity index (χ2n) is 10.2. The molecule has 154 valence electrons. The predicted octanol–water partition coefficient (Wildman–Crippen LogP) is 5.10. The van der Waals surface area contributed by atoms with Gasteiger partial charge >= 0.3 is 0 Å². The predicted molar refractivity (Wildman–Crippen MR) is 118 cm³/mol. The summed E-state index contributed by atoms with van der Waals surface area (Å²) in [5.41, 5.74) is 4.39. The molecule has 0 atom stereocenters. The van der Waals surface area contributed by atoms with Crippen molar-refractivity contribution in [1.29, 1.82) is 0 Å². The van der Waals surface area contributed by atoms with Crippen LogP contribution < -0.4 is 0 Å². The largest absolute Gasteiger partial charge is 0.308 e. The summed E-state index contributed by atoms with van der Waals surface area (Å²) in [6.45, 7) is 8.83. The van der Waals surface area contributed by atoms with Gasteiger partial charge in [0.1, 0.15) is 0 Å². The van der Waals surface area contributed by atoms with Gasteiger partial charge in [0.05, 0.1) is 16.7 Å². The summed E-state index contributed by atoms with van der Waals surface area (Å²) >= 11 is 0. The molecule has 0 N–H and O–H groups in total. The van der Waals surface area contributed by atoms with E-state index in [9.17, 15) is 0 Å². The molecule has 4 bridgehead atoms. The molecule has 4 nitrogen and oxygen atoms in total. The van der Waals surface area contributed by atoms with Crippen LogP contribution in [0, 0.1) is 17.8 Å². The van der Waals surface area contributed by atoms with E-state index in [2.05, 4.69) is 58.2 Å². The Hall–Kier alpha value is -1.81. The van der Waals surface area contributed by atoms with E-state index in [0.717, 1.165) is 49.7 Å². The molecule has 2 heterocycles. The number of imidazole rings is 2. The van der Waals surface area contributed by atoms with Gasteiger partial charge in [-0.2, -0.15) is 0 Å². The maximum Gasteiger partial charge on any atom is 0.215 e. The zero-order valence-corrected chi connectivity index (χ0v) is 18.0. The molecular weight excluding hydrogens is 356 g/mol. The zero-order chi connectivity index (χ0) is 19.6. The highest BCUT2D eigenvalue weighted by Gasteiger charge is 2.52. The number of fused-ring (bicyclic) bond motifs is 3. The molecule has 4 aliphatic carbocycles. The Balaban J connectivity index is 1.44. The van der Waals surface area contributed by atoms with E-state index in [1.165, 1.54) is 55.3 Å². The molecule has 1 aromatic carbocycles. The van der Waals surface area contributed by atoms with Crippen LogP contribution >= 0.6 is 0 Å². The number of rotatable bonds is 6. The summed E-state index contributed by atoms with van der Waals surface area (Å²) in [5.74, 6) is 4.04. The number of hydrogen-bond donors (Lipinski definition) is 0. The molecule has 0 saturated heterocycles. The molecule has 4 aliphatic rings. The zero-order valence-electron chi connectivity index (χ0n) is 18.0. The van der Waals surface area contributed by atoms with Crippen LogP contribution in [-0.2, 0) is 12.0 Å². The monoisotopic (exact) mass is 390 g/mol. The number of hydrogen-bond acceptors (Lipinski definition) is 2. The maximum absolute atomic E-state index is 5.38. The fraction of sp³-hybridized carbons (Fsp3) is 0.640. The van der Waals surface area contributed by atoms with Crippen molar-refractivity contribution in [2.45, 2.75) is 64.3 Å². The van der Waals surface area contributed by atoms with E-state index in [4.69, 9.17) is 4.98 Å². The summed E-state index contributed by atoms with van der Waals surface area (Å²) in [6.07, 6.45) is 11.0. The molecule has 2 aromatic heterocycles. The number of likely N-dealkylation sites (N-methyl/N-ethyl adjacent to an activating group) is 1. The Labute approximate surface area is 173 Å². The van der Waals surface area contributed by atoms with Crippen LogP contribution in [0.25, 0.3) is 16.8 Å². The van der Waals surface area contributed by atoms with E-state index < -0.39 is 0 Å². The lowest BCUT2D eigenvalue weighted by Crippen LogP contribution is -2.48. The van der Waals surface area contributed by atoms with Crippen LogP contribution in [0.2, 0.25) is 0 Å². The third kappa shape index (κ3) is 2.71. The first-order chi connectivity index (χ1) is 14.2. The van der Waals surface area contributed by atoms with Crippen LogP contribution in [0.3, 0.4) is 0 Å². The molecule has 0 unspecified atom stereocenters. The van der Waals surface area contributed by atoms with Crippen LogP contribution in [0.4, 0.5) is 0 Å². The van der Waals surface area contributed by atoms with Gasteiger partial charge in [-0.15, -0.1) is 0 Å². The second-order valence-corrected chi connectivity index (χ2v) is 10.2. The van der Waals surface area contributed by atoms with Gasteiger partial charge in [-0.3, -0.25) is 4.40 Å². The molecule has 4 heteroatoms. The van der Waals surface area contributed by atoms with E-state index in [-0.39, 0.29) is 0 Å². The first-order valence-electron chi connectivity index (χ1n) is 11.9. The number of para-hydroxylation sites is 2. The van der Waals surface area contributed by atoms with Gasteiger partial charge in [-0.25, -0.2) is 4.98 Å². The Morgan fingerprint density at radius 3 is 2.21 bits per heavy atom. The van der Waals surface area contributed by atoms with E-state index in [1.807, 2.05) is 0 Å². The van der Waals surface area contributed by atoms with Gasteiger partial charge in [0, 0.05) is 24.7 Å². The van der Waals surface area contributed by atoms with Crippen LogP contribution in [0.1, 0.15) is 58.1 Å². The minimum atomic E-state index is 0.367. The molecule has 0 radical (unpaired) electrons. The summed E-state index contributed by atoms with van der Waals surface area (Å²) in [6, 6.07) is 8.86. The second kappa shape index (κ2) is 6.60. The highest BCUT2D eigenvalue weighted by molar-refractivity contribution is 5.81. The average molecular weight is 391 g/mol. The van der Waals surface area contributed by atoms with Crippen molar-refractivity contribution in [3.05, 3.63) is 36.2 Å². The average Bonchev–Trinajstić information content (AvgIpc) is 3.27. The van der Waals surface area contributed by atoms with Crippen molar-refractivity contribution in [3.63, 3.8) is 0 Å². The Kier molecular flexibility index (Phi) is 4.09. The first kappa shape index (κ1) is 18.0. The molecule has 29 heavy (non-hydrogen) atoms. The fourth-order valence-corrected chi connectivity index (χ4v) is 7.42.